The first kappa shape index (κ1) is 18.0. The number of nitrogens with one attached hydrogen (secondary N) is 1. The van der Waals surface area contributed by atoms with Crippen LogP contribution in [0.5, 0.6) is 5.75 Å². The summed E-state index contributed by atoms with van der Waals surface area (Å²) >= 11 is 3.06. The number of hydrogen-bond donors (Lipinski definition) is 2. The summed E-state index contributed by atoms with van der Waals surface area (Å²) in [5.74, 6) is -0.717. The minimum atomic E-state index is -4.46. The molecule has 6 nitrogen and oxygen atoms in total. The van der Waals surface area contributed by atoms with Crippen LogP contribution in [0.4, 0.5) is 18.9 Å². The lowest BCUT2D eigenvalue weighted by molar-refractivity contribution is -0.386. The number of aromatic hydroxyl groups is 1. The Balaban J connectivity index is 2.47. The fraction of sp³-hybridized carbons (Fsp3) is 0.538. The zero-order valence-corrected chi connectivity index (χ0v) is 13.5. The van der Waals surface area contributed by atoms with E-state index in [-0.39, 0.29) is 10.0 Å². The van der Waals surface area contributed by atoms with Crippen LogP contribution in [0.3, 0.4) is 0 Å². The van der Waals surface area contributed by atoms with Crippen molar-refractivity contribution >= 4 is 21.6 Å². The molecule has 0 radical (unpaired) electrons. The van der Waals surface area contributed by atoms with Crippen LogP contribution in [0.2, 0.25) is 0 Å². The minimum Gasteiger partial charge on any atom is -0.502 e. The Bertz CT molecular complexity index is 592. The average Bonchev–Trinajstić information content (AvgIpc) is 2.47. The van der Waals surface area contributed by atoms with Crippen LogP contribution < -0.4 is 5.32 Å². The van der Waals surface area contributed by atoms with E-state index in [0.717, 1.165) is 6.07 Å². The molecule has 1 fully saturated rings. The third-order valence-corrected chi connectivity index (χ3v) is 4.11. The number of phenols is 1. The molecule has 2 rings (SSSR count). The third-order valence-electron chi connectivity index (χ3n) is 3.66. The molecule has 1 aliphatic rings. The zero-order chi connectivity index (χ0) is 17.2. The molecule has 0 aromatic heterocycles. The van der Waals surface area contributed by atoms with E-state index in [2.05, 4.69) is 21.2 Å². The van der Waals surface area contributed by atoms with Crippen molar-refractivity contribution in [1.82, 2.24) is 10.2 Å². The summed E-state index contributed by atoms with van der Waals surface area (Å²) in [5.41, 5.74) is -0.706. The second kappa shape index (κ2) is 7.02. The molecule has 1 aliphatic heterocycles. The predicted molar refractivity (Wildman–Crippen MR) is 80.3 cm³/mol. The van der Waals surface area contributed by atoms with Crippen molar-refractivity contribution in [3.63, 3.8) is 0 Å². The van der Waals surface area contributed by atoms with Crippen molar-refractivity contribution in [1.29, 1.82) is 0 Å². The van der Waals surface area contributed by atoms with E-state index in [4.69, 9.17) is 0 Å². The maximum Gasteiger partial charge on any atom is 0.390 e. The molecule has 1 aromatic rings. The summed E-state index contributed by atoms with van der Waals surface area (Å²) < 4.78 is 39.2. The van der Waals surface area contributed by atoms with Crippen LogP contribution in [-0.2, 0) is 0 Å². The molecule has 2 N–H and O–H groups in total. The summed E-state index contributed by atoms with van der Waals surface area (Å²) in [6.45, 7) is 1.76. The van der Waals surface area contributed by atoms with Crippen molar-refractivity contribution < 1.29 is 23.2 Å². The van der Waals surface area contributed by atoms with Crippen LogP contribution in [-0.4, -0.2) is 47.3 Å². The monoisotopic (exact) mass is 397 g/mol. The van der Waals surface area contributed by atoms with Gasteiger partial charge in [-0.1, -0.05) is 15.9 Å². The van der Waals surface area contributed by atoms with Crippen molar-refractivity contribution in [2.45, 2.75) is 18.6 Å². The lowest BCUT2D eigenvalue weighted by Gasteiger charge is -2.35. The quantitative estimate of drug-likeness (QED) is 0.603. The number of rotatable bonds is 4. The van der Waals surface area contributed by atoms with Gasteiger partial charge in [-0.05, 0) is 6.07 Å². The van der Waals surface area contributed by atoms with Gasteiger partial charge in [-0.3, -0.25) is 15.0 Å². The molecule has 1 saturated heterocycles. The Kier molecular flexibility index (Phi) is 5.48. The highest BCUT2D eigenvalue weighted by Crippen LogP contribution is 2.42. The number of nitro groups is 1. The standard InChI is InChI=1S/C13H15BrF3N3O3/c14-8-5-9(12(21)10(6-8)20(22)23)11(7-13(15,16)17)19-3-1-18-2-4-19/h5-6,11,18,21H,1-4,7H2/t11-/m0/s1. The second-order valence-corrected chi connectivity index (χ2v) is 6.16. The molecular weight excluding hydrogens is 383 g/mol. The van der Waals surface area contributed by atoms with E-state index in [1.165, 1.54) is 6.07 Å². The molecule has 128 valence electrons. The van der Waals surface area contributed by atoms with Gasteiger partial charge in [0.1, 0.15) is 0 Å². The summed E-state index contributed by atoms with van der Waals surface area (Å²) in [4.78, 5) is 11.8. The van der Waals surface area contributed by atoms with Gasteiger partial charge in [0.2, 0.25) is 0 Å². The van der Waals surface area contributed by atoms with Gasteiger partial charge in [0.15, 0.2) is 5.75 Å². The highest BCUT2D eigenvalue weighted by molar-refractivity contribution is 9.10. The van der Waals surface area contributed by atoms with Gasteiger partial charge in [0.05, 0.1) is 11.3 Å². The minimum absolute atomic E-state index is 0.0923. The van der Waals surface area contributed by atoms with E-state index in [0.29, 0.717) is 26.2 Å². The highest BCUT2D eigenvalue weighted by Gasteiger charge is 2.38. The Hall–Kier alpha value is -1.39. The lowest BCUT2D eigenvalue weighted by atomic mass is 9.99. The summed E-state index contributed by atoms with van der Waals surface area (Å²) in [6.07, 6.45) is -5.65. The molecule has 10 heteroatoms. The van der Waals surface area contributed by atoms with Crippen molar-refractivity contribution in [2.75, 3.05) is 26.2 Å². The molecule has 1 aromatic carbocycles. The first-order valence-electron chi connectivity index (χ1n) is 6.87. The Labute approximate surface area is 138 Å². The number of benzene rings is 1. The number of halogens is 4. The van der Waals surface area contributed by atoms with E-state index in [9.17, 15) is 28.4 Å². The van der Waals surface area contributed by atoms with Gasteiger partial charge in [-0.25, -0.2) is 0 Å². The number of nitro benzene ring substituents is 1. The smallest absolute Gasteiger partial charge is 0.390 e. The second-order valence-electron chi connectivity index (χ2n) is 5.24. The zero-order valence-electron chi connectivity index (χ0n) is 11.9. The topological polar surface area (TPSA) is 78.6 Å². The van der Waals surface area contributed by atoms with E-state index in [1.54, 1.807) is 4.90 Å². The van der Waals surface area contributed by atoms with Crippen LogP contribution in [0, 0.1) is 10.1 Å². The van der Waals surface area contributed by atoms with Crippen LogP contribution >= 0.6 is 15.9 Å². The fourth-order valence-corrected chi connectivity index (χ4v) is 3.11. The Morgan fingerprint density at radius 2 is 2.00 bits per heavy atom. The maximum absolute atomic E-state index is 13.0. The number of alkyl halides is 3. The largest absolute Gasteiger partial charge is 0.502 e. The predicted octanol–water partition coefficient (Wildman–Crippen LogP) is 2.96. The third kappa shape index (κ3) is 4.55. The van der Waals surface area contributed by atoms with E-state index >= 15 is 0 Å². The van der Waals surface area contributed by atoms with Crippen LogP contribution in [0.15, 0.2) is 16.6 Å². The van der Waals surface area contributed by atoms with Gasteiger partial charge in [-0.2, -0.15) is 13.2 Å². The van der Waals surface area contributed by atoms with Crippen LogP contribution in [0.1, 0.15) is 18.0 Å². The van der Waals surface area contributed by atoms with E-state index < -0.39 is 35.0 Å². The number of hydrogen-bond acceptors (Lipinski definition) is 5. The fourth-order valence-electron chi connectivity index (χ4n) is 2.65. The Morgan fingerprint density at radius 3 is 2.52 bits per heavy atom. The van der Waals surface area contributed by atoms with Gasteiger partial charge >= 0.3 is 11.9 Å². The maximum atomic E-state index is 13.0. The molecule has 0 unspecified atom stereocenters. The van der Waals surface area contributed by atoms with Crippen LogP contribution in [0.25, 0.3) is 0 Å². The molecule has 0 amide bonds. The molecule has 1 atom stereocenters. The molecular formula is C13H15BrF3N3O3. The SMILES string of the molecule is O=[N+]([O-])c1cc(Br)cc([C@H](CC(F)(F)F)N2CCNCC2)c1O. The first-order valence-corrected chi connectivity index (χ1v) is 7.66. The summed E-state index contributed by atoms with van der Waals surface area (Å²) in [5, 5.41) is 24.1. The number of piperazine rings is 1. The van der Waals surface area contributed by atoms with Crippen molar-refractivity contribution in [3.8, 4) is 5.75 Å². The summed E-state index contributed by atoms with van der Waals surface area (Å²) in [7, 11) is 0. The molecule has 0 spiro atoms. The number of phenolic OH excluding ortho intramolecular Hbond substituents is 1. The lowest BCUT2D eigenvalue weighted by Crippen LogP contribution is -2.46. The van der Waals surface area contributed by atoms with E-state index in [1.807, 2.05) is 0 Å². The Morgan fingerprint density at radius 1 is 1.39 bits per heavy atom. The first-order chi connectivity index (χ1) is 10.7. The normalized spacial score (nSPS) is 17.9. The molecule has 23 heavy (non-hydrogen) atoms. The summed E-state index contributed by atoms with van der Waals surface area (Å²) in [6, 6.07) is 1.20. The van der Waals surface area contributed by atoms with Crippen molar-refractivity contribution in [2.24, 2.45) is 0 Å². The molecule has 0 bridgehead atoms. The van der Waals surface area contributed by atoms with Gasteiger partial charge in [0.25, 0.3) is 0 Å². The highest BCUT2D eigenvalue weighted by atomic mass is 79.9. The average molecular weight is 398 g/mol. The van der Waals surface area contributed by atoms with Crippen molar-refractivity contribution in [3.05, 3.63) is 32.3 Å². The number of nitrogens with zero attached hydrogens (tertiary/aromatic N) is 2. The molecule has 0 aliphatic carbocycles. The van der Waals surface area contributed by atoms with Gasteiger partial charge < -0.3 is 10.4 Å². The molecule has 1 heterocycles. The van der Waals surface area contributed by atoms with Gasteiger partial charge in [-0.15, -0.1) is 0 Å². The van der Waals surface area contributed by atoms with Gasteiger partial charge in [0, 0.05) is 48.3 Å². The molecule has 0 saturated carbocycles.